The highest BCUT2D eigenvalue weighted by atomic mass is 32.2. The third-order valence-electron chi connectivity index (χ3n) is 6.53. The zero-order chi connectivity index (χ0) is 21.9. The van der Waals surface area contributed by atoms with Crippen LogP contribution in [0.15, 0.2) is 41.4 Å². The summed E-state index contributed by atoms with van der Waals surface area (Å²) in [6.07, 6.45) is 2.32. The largest absolute Gasteiger partial charge is 0.349 e. The number of carbonyl (C=O) groups excluding carboxylic acids is 1. The second-order valence-electron chi connectivity index (χ2n) is 8.71. The molecule has 1 saturated carbocycles. The zero-order valence-corrected chi connectivity index (χ0v) is 18.6. The number of hydrogen-bond donors (Lipinski definition) is 1. The maximum absolute atomic E-state index is 13.0. The van der Waals surface area contributed by atoms with Gasteiger partial charge in [-0.2, -0.15) is 9.40 Å². The van der Waals surface area contributed by atoms with Crippen LogP contribution < -0.4 is 5.32 Å². The third-order valence-corrected chi connectivity index (χ3v) is 8.38. The molecule has 1 amide bonds. The van der Waals surface area contributed by atoms with E-state index in [1.165, 1.54) is 0 Å². The van der Waals surface area contributed by atoms with Crippen LogP contribution in [-0.4, -0.2) is 52.4 Å². The zero-order valence-electron chi connectivity index (χ0n) is 17.7. The summed E-state index contributed by atoms with van der Waals surface area (Å²) in [4.78, 5) is 17.7. The Bertz CT molecular complexity index is 1280. The average molecular weight is 440 g/mol. The third kappa shape index (κ3) is 3.32. The molecular weight excluding hydrogens is 414 g/mol. The van der Waals surface area contributed by atoms with E-state index < -0.39 is 10.0 Å². The molecule has 162 valence electrons. The maximum Gasteiger partial charge on any atom is 0.256 e. The standard InChI is InChI=1S/C22H25N5O3S/c1-13-4-6-17(7-5-13)31(29,30)26-11-16-9-20(19(16)12-26)25-22(28)18-10-23-27-15(3)8-14(2)24-21(18)27/h4-8,10,16,19-20H,9,11-12H2,1-3H3,(H,25,28)/t16-,19+,20+/m1/s1. The fourth-order valence-corrected chi connectivity index (χ4v) is 6.30. The first-order valence-electron chi connectivity index (χ1n) is 10.4. The van der Waals surface area contributed by atoms with Crippen molar-refractivity contribution in [1.82, 2.24) is 24.2 Å². The predicted molar refractivity (Wildman–Crippen MR) is 115 cm³/mol. The molecule has 2 aliphatic rings. The lowest BCUT2D eigenvalue weighted by Gasteiger charge is -2.39. The molecule has 1 aromatic carbocycles. The number of carbonyl (C=O) groups is 1. The van der Waals surface area contributed by atoms with Crippen LogP contribution in [0.4, 0.5) is 0 Å². The first-order chi connectivity index (χ1) is 14.7. The van der Waals surface area contributed by atoms with Gasteiger partial charge in [0.25, 0.3) is 5.91 Å². The van der Waals surface area contributed by atoms with E-state index in [1.54, 1.807) is 27.2 Å². The normalized spacial score (nSPS) is 23.5. The van der Waals surface area contributed by atoms with Crippen molar-refractivity contribution in [3.8, 4) is 0 Å². The van der Waals surface area contributed by atoms with E-state index in [1.807, 2.05) is 39.0 Å². The lowest BCUT2D eigenvalue weighted by Crippen LogP contribution is -2.52. The Morgan fingerprint density at radius 1 is 1.13 bits per heavy atom. The van der Waals surface area contributed by atoms with Crippen molar-refractivity contribution in [2.45, 2.75) is 38.1 Å². The molecule has 31 heavy (non-hydrogen) atoms. The van der Waals surface area contributed by atoms with Gasteiger partial charge in [-0.05, 0) is 57.2 Å². The summed E-state index contributed by atoms with van der Waals surface area (Å²) in [5.41, 5.74) is 3.75. The fourth-order valence-electron chi connectivity index (χ4n) is 4.76. The Hall–Kier alpha value is -2.78. The van der Waals surface area contributed by atoms with E-state index in [0.29, 0.717) is 29.2 Å². The summed E-state index contributed by atoms with van der Waals surface area (Å²) in [5, 5.41) is 7.37. The molecule has 3 aromatic rings. The van der Waals surface area contributed by atoms with Crippen LogP contribution in [0, 0.1) is 32.6 Å². The number of aromatic nitrogens is 3. The predicted octanol–water partition coefficient (Wildman–Crippen LogP) is 2.09. The van der Waals surface area contributed by atoms with Crippen LogP contribution in [0.5, 0.6) is 0 Å². The minimum Gasteiger partial charge on any atom is -0.349 e. The number of rotatable bonds is 4. The number of nitrogens with one attached hydrogen (secondary N) is 1. The van der Waals surface area contributed by atoms with E-state index in [4.69, 9.17) is 0 Å². The van der Waals surface area contributed by atoms with Crippen LogP contribution in [0.25, 0.3) is 5.65 Å². The van der Waals surface area contributed by atoms with Crippen molar-refractivity contribution in [3.63, 3.8) is 0 Å². The quantitative estimate of drug-likeness (QED) is 0.672. The smallest absolute Gasteiger partial charge is 0.256 e. The van der Waals surface area contributed by atoms with Crippen molar-refractivity contribution >= 4 is 21.6 Å². The van der Waals surface area contributed by atoms with Gasteiger partial charge in [0.1, 0.15) is 5.56 Å². The van der Waals surface area contributed by atoms with Gasteiger partial charge in [0.15, 0.2) is 5.65 Å². The van der Waals surface area contributed by atoms with E-state index in [-0.39, 0.29) is 23.8 Å². The highest BCUT2D eigenvalue weighted by molar-refractivity contribution is 7.89. The molecule has 0 spiro atoms. The number of nitrogens with zero attached hydrogens (tertiary/aromatic N) is 4. The molecule has 8 nitrogen and oxygen atoms in total. The fraction of sp³-hybridized carbons (Fsp3) is 0.409. The first kappa shape index (κ1) is 20.1. The molecule has 3 heterocycles. The van der Waals surface area contributed by atoms with Gasteiger partial charge in [-0.3, -0.25) is 4.79 Å². The van der Waals surface area contributed by atoms with Gasteiger partial charge in [0, 0.05) is 30.5 Å². The number of aryl methyl sites for hydroxylation is 3. The van der Waals surface area contributed by atoms with Crippen molar-refractivity contribution in [2.75, 3.05) is 13.1 Å². The van der Waals surface area contributed by atoms with Crippen molar-refractivity contribution in [1.29, 1.82) is 0 Å². The van der Waals surface area contributed by atoms with E-state index in [0.717, 1.165) is 23.4 Å². The molecule has 2 fully saturated rings. The number of hydrogen-bond acceptors (Lipinski definition) is 5. The molecule has 3 atom stereocenters. The number of benzene rings is 1. The summed E-state index contributed by atoms with van der Waals surface area (Å²) in [6, 6.07) is 8.82. The van der Waals surface area contributed by atoms with Crippen molar-refractivity contribution in [2.24, 2.45) is 11.8 Å². The monoisotopic (exact) mass is 439 g/mol. The molecule has 0 bridgehead atoms. The minimum atomic E-state index is -3.52. The summed E-state index contributed by atoms with van der Waals surface area (Å²) >= 11 is 0. The Balaban J connectivity index is 1.30. The highest BCUT2D eigenvalue weighted by Crippen LogP contribution is 2.42. The van der Waals surface area contributed by atoms with Gasteiger partial charge < -0.3 is 5.32 Å². The highest BCUT2D eigenvalue weighted by Gasteiger charge is 2.50. The second kappa shape index (κ2) is 7.13. The molecule has 1 aliphatic carbocycles. The molecule has 0 radical (unpaired) electrons. The molecular formula is C22H25N5O3S. The van der Waals surface area contributed by atoms with Crippen molar-refractivity contribution in [3.05, 3.63) is 59.0 Å². The summed E-state index contributed by atoms with van der Waals surface area (Å²) in [6.45, 7) is 6.68. The molecule has 1 saturated heterocycles. The Morgan fingerprint density at radius 3 is 2.61 bits per heavy atom. The summed E-state index contributed by atoms with van der Waals surface area (Å²) in [7, 11) is -3.52. The van der Waals surface area contributed by atoms with Gasteiger partial charge in [-0.25, -0.2) is 17.9 Å². The minimum absolute atomic E-state index is 0.0448. The van der Waals surface area contributed by atoms with Gasteiger partial charge >= 0.3 is 0 Å². The number of sulfonamides is 1. The molecule has 1 aliphatic heterocycles. The van der Waals surface area contributed by atoms with Crippen LogP contribution in [0.2, 0.25) is 0 Å². The second-order valence-corrected chi connectivity index (χ2v) is 10.6. The average Bonchev–Trinajstić information content (AvgIpc) is 3.28. The summed E-state index contributed by atoms with van der Waals surface area (Å²) < 4.78 is 29.2. The summed E-state index contributed by atoms with van der Waals surface area (Å²) in [5.74, 6) is 0.190. The number of fused-ring (bicyclic) bond motifs is 2. The first-order valence-corrected chi connectivity index (χ1v) is 11.9. The lowest BCUT2D eigenvalue weighted by molar-refractivity contribution is 0.0834. The lowest BCUT2D eigenvalue weighted by atomic mass is 9.71. The molecule has 2 aromatic heterocycles. The topological polar surface area (TPSA) is 96.7 Å². The maximum atomic E-state index is 13.0. The Labute approximate surface area is 181 Å². The molecule has 5 rings (SSSR count). The molecule has 1 N–H and O–H groups in total. The number of amides is 1. The van der Waals surface area contributed by atoms with Crippen LogP contribution in [0.3, 0.4) is 0 Å². The Morgan fingerprint density at radius 2 is 1.87 bits per heavy atom. The van der Waals surface area contributed by atoms with Crippen LogP contribution in [0.1, 0.15) is 33.7 Å². The van der Waals surface area contributed by atoms with Crippen LogP contribution in [-0.2, 0) is 10.0 Å². The van der Waals surface area contributed by atoms with Gasteiger partial charge in [0.05, 0.1) is 11.1 Å². The van der Waals surface area contributed by atoms with Gasteiger partial charge in [0.2, 0.25) is 10.0 Å². The van der Waals surface area contributed by atoms with Crippen LogP contribution >= 0.6 is 0 Å². The Kier molecular flexibility index (Phi) is 4.63. The van der Waals surface area contributed by atoms with E-state index in [9.17, 15) is 13.2 Å². The van der Waals surface area contributed by atoms with E-state index in [2.05, 4.69) is 15.4 Å². The molecule has 0 unspecified atom stereocenters. The van der Waals surface area contributed by atoms with Gasteiger partial charge in [-0.1, -0.05) is 17.7 Å². The van der Waals surface area contributed by atoms with Crippen molar-refractivity contribution < 1.29 is 13.2 Å². The SMILES string of the molecule is Cc1ccc(S(=O)(=O)N2C[C@H]3C[C@H](NC(=O)c4cnn5c(C)cc(C)nc45)[C@H]3C2)cc1. The van der Waals surface area contributed by atoms with E-state index >= 15 is 0 Å². The van der Waals surface area contributed by atoms with Gasteiger partial charge in [-0.15, -0.1) is 0 Å². The molecule has 9 heteroatoms.